The lowest BCUT2D eigenvalue weighted by molar-refractivity contribution is -0.119. The third-order valence-corrected chi connectivity index (χ3v) is 6.80. The molecule has 0 aromatic heterocycles. The van der Waals surface area contributed by atoms with E-state index in [1.54, 1.807) is 6.92 Å². The minimum Gasteiger partial charge on any atom is -0.378 e. The van der Waals surface area contributed by atoms with E-state index in [2.05, 4.69) is 41.4 Å². The average molecular weight is 417 g/mol. The molecule has 1 fully saturated rings. The fourth-order valence-corrected chi connectivity index (χ4v) is 4.72. The van der Waals surface area contributed by atoms with Crippen LogP contribution in [0.3, 0.4) is 0 Å². The molecule has 1 aromatic rings. The van der Waals surface area contributed by atoms with Gasteiger partial charge in [0, 0.05) is 32.0 Å². The van der Waals surface area contributed by atoms with Gasteiger partial charge in [-0.05, 0) is 31.2 Å². The van der Waals surface area contributed by atoms with E-state index in [0.717, 1.165) is 38.8 Å². The Morgan fingerprint density at radius 2 is 1.57 bits per heavy atom. The van der Waals surface area contributed by atoms with Crippen LogP contribution >= 0.6 is 0 Å². The van der Waals surface area contributed by atoms with E-state index in [0.29, 0.717) is 6.54 Å². The molecule has 2 rings (SSSR count). The first-order valence-electron chi connectivity index (χ1n) is 12.3. The second kappa shape index (κ2) is 13.8. The van der Waals surface area contributed by atoms with Gasteiger partial charge in [0.15, 0.2) is 0 Å². The zero-order chi connectivity index (χ0) is 21.7. The second-order valence-electron chi connectivity index (χ2n) is 9.19. The maximum Gasteiger partial charge on any atom is 0.216 e. The molecule has 1 aromatic carbocycles. The summed E-state index contributed by atoms with van der Waals surface area (Å²) in [5, 5.41) is 13.7. The molecular formula is C26H44N2O2. The minimum absolute atomic E-state index is 0.0260. The number of likely N-dealkylation sites (tertiary alicyclic amines) is 1. The third kappa shape index (κ3) is 8.39. The first-order chi connectivity index (χ1) is 14.6. The Balaban J connectivity index is 1.71. The summed E-state index contributed by atoms with van der Waals surface area (Å²) in [5.41, 5.74) is 1.27. The van der Waals surface area contributed by atoms with Crippen molar-refractivity contribution in [1.29, 1.82) is 0 Å². The fraction of sp³-hybridized carbons (Fsp3) is 0.731. The van der Waals surface area contributed by atoms with Crippen molar-refractivity contribution in [2.75, 3.05) is 19.6 Å². The lowest BCUT2D eigenvalue weighted by atomic mass is 9.72. The zero-order valence-corrected chi connectivity index (χ0v) is 19.4. The maximum absolute atomic E-state index is 11.5. The Morgan fingerprint density at radius 3 is 2.13 bits per heavy atom. The number of aliphatic hydroxyl groups is 1. The van der Waals surface area contributed by atoms with E-state index in [1.807, 2.05) is 6.07 Å². The summed E-state index contributed by atoms with van der Waals surface area (Å²) in [4.78, 5) is 13.8. The fourth-order valence-electron chi connectivity index (χ4n) is 4.72. The van der Waals surface area contributed by atoms with Crippen molar-refractivity contribution in [1.82, 2.24) is 10.2 Å². The smallest absolute Gasteiger partial charge is 0.216 e. The Labute approximate surface area is 184 Å². The molecule has 1 heterocycles. The Kier molecular flexibility index (Phi) is 11.5. The summed E-state index contributed by atoms with van der Waals surface area (Å²) < 4.78 is 0. The number of amides is 1. The van der Waals surface area contributed by atoms with Crippen LogP contribution in [0.2, 0.25) is 0 Å². The van der Waals surface area contributed by atoms with E-state index in [9.17, 15) is 9.90 Å². The molecule has 4 nitrogen and oxygen atoms in total. The number of aliphatic hydroxyl groups excluding tert-OH is 1. The number of benzene rings is 1. The van der Waals surface area contributed by atoms with Gasteiger partial charge >= 0.3 is 0 Å². The van der Waals surface area contributed by atoms with Crippen LogP contribution in [0.15, 0.2) is 30.3 Å². The molecule has 1 amide bonds. The van der Waals surface area contributed by atoms with Gasteiger partial charge in [0.05, 0.1) is 0 Å². The molecule has 4 heteroatoms. The van der Waals surface area contributed by atoms with Gasteiger partial charge in [-0.2, -0.15) is 0 Å². The van der Waals surface area contributed by atoms with Crippen LogP contribution in [0.5, 0.6) is 0 Å². The lowest BCUT2D eigenvalue weighted by Gasteiger charge is -2.44. The molecule has 0 aliphatic carbocycles. The molecule has 170 valence electrons. The molecule has 1 unspecified atom stereocenters. The number of hydrogen-bond acceptors (Lipinski definition) is 3. The Morgan fingerprint density at radius 1 is 1.00 bits per heavy atom. The molecule has 2 N–H and O–H groups in total. The van der Waals surface area contributed by atoms with Crippen molar-refractivity contribution >= 4 is 5.91 Å². The predicted molar refractivity (Wildman–Crippen MR) is 125 cm³/mol. The van der Waals surface area contributed by atoms with E-state index < -0.39 is 0 Å². The van der Waals surface area contributed by atoms with Crippen molar-refractivity contribution in [3.8, 4) is 0 Å². The molecule has 1 atom stereocenters. The molecule has 30 heavy (non-hydrogen) atoms. The van der Waals surface area contributed by atoms with Crippen LogP contribution in [-0.4, -0.2) is 41.8 Å². The molecule has 0 saturated carbocycles. The van der Waals surface area contributed by atoms with Gasteiger partial charge in [-0.3, -0.25) is 9.69 Å². The molecule has 1 aliphatic heterocycles. The monoisotopic (exact) mass is 416 g/mol. The highest BCUT2D eigenvalue weighted by Gasteiger charge is 2.37. The van der Waals surface area contributed by atoms with Gasteiger partial charge in [-0.25, -0.2) is 0 Å². The van der Waals surface area contributed by atoms with Crippen LogP contribution in [0.4, 0.5) is 0 Å². The molecule has 0 spiro atoms. The lowest BCUT2D eigenvalue weighted by Crippen LogP contribution is -2.51. The first kappa shape index (κ1) is 24.9. The summed E-state index contributed by atoms with van der Waals surface area (Å²) in [5.74, 6) is 0.0260. The summed E-state index contributed by atoms with van der Waals surface area (Å²) in [6.07, 6.45) is 14.3. The van der Waals surface area contributed by atoms with Crippen LogP contribution in [0.1, 0.15) is 96.5 Å². The summed E-state index contributed by atoms with van der Waals surface area (Å²) >= 11 is 0. The topological polar surface area (TPSA) is 52.6 Å². The minimum atomic E-state index is -0.330. The highest BCUT2D eigenvalue weighted by molar-refractivity contribution is 5.73. The number of hydrogen-bond donors (Lipinski definition) is 2. The van der Waals surface area contributed by atoms with Gasteiger partial charge in [0.25, 0.3) is 0 Å². The molecule has 1 aliphatic rings. The second-order valence-corrected chi connectivity index (χ2v) is 9.19. The van der Waals surface area contributed by atoms with Crippen molar-refractivity contribution in [3.05, 3.63) is 35.9 Å². The van der Waals surface area contributed by atoms with Crippen LogP contribution in [0.25, 0.3) is 0 Å². The number of carbonyl (C=O) groups excluding carboxylic acids is 1. The maximum atomic E-state index is 11.5. The highest BCUT2D eigenvalue weighted by atomic mass is 16.3. The average Bonchev–Trinajstić information content (AvgIpc) is 2.77. The normalized spacial score (nSPS) is 17.6. The van der Waals surface area contributed by atoms with Crippen molar-refractivity contribution in [3.63, 3.8) is 0 Å². The zero-order valence-electron chi connectivity index (χ0n) is 19.4. The Hall–Kier alpha value is -1.39. The van der Waals surface area contributed by atoms with Crippen molar-refractivity contribution < 1.29 is 9.90 Å². The highest BCUT2D eigenvalue weighted by Crippen LogP contribution is 2.35. The largest absolute Gasteiger partial charge is 0.378 e. The number of rotatable bonds is 14. The predicted octanol–water partition coefficient (Wildman–Crippen LogP) is 5.40. The van der Waals surface area contributed by atoms with Crippen LogP contribution < -0.4 is 5.32 Å². The quantitative estimate of drug-likeness (QED) is 0.400. The van der Waals surface area contributed by atoms with Crippen molar-refractivity contribution in [2.45, 2.75) is 103 Å². The number of nitrogens with one attached hydrogen (secondary N) is 1. The summed E-state index contributed by atoms with van der Waals surface area (Å²) in [6, 6.07) is 10.6. The third-order valence-electron chi connectivity index (χ3n) is 6.80. The molecular weight excluding hydrogens is 372 g/mol. The van der Waals surface area contributed by atoms with Crippen LogP contribution in [0, 0.1) is 0 Å². The number of piperidine rings is 1. The molecule has 0 radical (unpaired) electrons. The van der Waals surface area contributed by atoms with E-state index in [-0.39, 0.29) is 17.6 Å². The Bertz CT molecular complexity index is 582. The van der Waals surface area contributed by atoms with E-state index >= 15 is 0 Å². The van der Waals surface area contributed by atoms with Gasteiger partial charge in [0.2, 0.25) is 5.91 Å². The summed E-state index contributed by atoms with van der Waals surface area (Å²) in [7, 11) is 0. The summed E-state index contributed by atoms with van der Waals surface area (Å²) in [6.45, 7) is 6.29. The first-order valence-corrected chi connectivity index (χ1v) is 12.3. The number of nitrogens with zero attached hydrogens (tertiary/aromatic N) is 1. The van der Waals surface area contributed by atoms with Gasteiger partial charge < -0.3 is 10.4 Å². The SMILES string of the molecule is CCCCCCCCCCCC(O)N1CCC(CNC(C)=O)(c2ccccc2)CC1. The molecule has 0 bridgehead atoms. The standard InChI is InChI=1S/C26H44N2O2/c1-3-4-5-6-7-8-9-10-14-17-25(30)28-20-18-26(19-21-28,22-27-23(2)29)24-15-12-11-13-16-24/h11-13,15-16,25,30H,3-10,14,17-22H2,1-2H3,(H,27,29). The van der Waals surface area contributed by atoms with Gasteiger partial charge in [0.1, 0.15) is 6.23 Å². The van der Waals surface area contributed by atoms with E-state index in [1.165, 1.54) is 56.9 Å². The number of carbonyl (C=O) groups is 1. The van der Waals surface area contributed by atoms with E-state index in [4.69, 9.17) is 0 Å². The van der Waals surface area contributed by atoms with Gasteiger partial charge in [-0.1, -0.05) is 88.6 Å². The van der Waals surface area contributed by atoms with Crippen LogP contribution in [-0.2, 0) is 10.2 Å². The molecule has 1 saturated heterocycles. The van der Waals surface area contributed by atoms with Crippen molar-refractivity contribution in [2.24, 2.45) is 0 Å². The number of unbranched alkanes of at least 4 members (excludes halogenated alkanes) is 8. The van der Waals surface area contributed by atoms with Gasteiger partial charge in [-0.15, -0.1) is 0 Å².